The van der Waals surface area contributed by atoms with E-state index in [2.05, 4.69) is 5.32 Å². The summed E-state index contributed by atoms with van der Waals surface area (Å²) >= 11 is 1.29. The summed E-state index contributed by atoms with van der Waals surface area (Å²) in [5.74, 6) is -0.225. The molecule has 148 valence electrons. The van der Waals surface area contributed by atoms with Crippen molar-refractivity contribution in [3.63, 3.8) is 0 Å². The Labute approximate surface area is 168 Å². The number of nitro groups is 1. The minimum Gasteiger partial charge on any atom is -0.333 e. The molecule has 0 aliphatic rings. The van der Waals surface area contributed by atoms with Crippen molar-refractivity contribution in [1.82, 2.24) is 4.90 Å². The second-order valence-corrected chi connectivity index (χ2v) is 7.27. The maximum absolute atomic E-state index is 12.6. The lowest BCUT2D eigenvalue weighted by Crippen LogP contribution is -2.39. The van der Waals surface area contributed by atoms with E-state index in [4.69, 9.17) is 0 Å². The maximum Gasteiger partial charge on any atom is 0.269 e. The molecule has 0 saturated heterocycles. The molecule has 0 spiro atoms. The fourth-order valence-electron chi connectivity index (χ4n) is 2.54. The van der Waals surface area contributed by atoms with Crippen LogP contribution in [-0.2, 0) is 9.59 Å². The van der Waals surface area contributed by atoms with Gasteiger partial charge in [0.2, 0.25) is 11.8 Å². The zero-order chi connectivity index (χ0) is 20.5. The molecule has 7 nitrogen and oxygen atoms in total. The first-order valence-electron chi connectivity index (χ1n) is 8.91. The number of amides is 2. The van der Waals surface area contributed by atoms with Crippen molar-refractivity contribution in [2.45, 2.75) is 25.2 Å². The van der Waals surface area contributed by atoms with Gasteiger partial charge in [0, 0.05) is 29.3 Å². The van der Waals surface area contributed by atoms with E-state index in [0.29, 0.717) is 6.54 Å². The standard InChI is InChI=1S/C20H23N3O4S/c1-3-12-22(13-19(24)21-18-7-5-4-6-15(18)2)20(25)14-28-17-10-8-16(9-11-17)23(26)27/h4-11H,3,12-14H2,1-2H3,(H,21,24). The number of non-ortho nitro benzene ring substituents is 1. The van der Waals surface area contributed by atoms with Gasteiger partial charge in [-0.15, -0.1) is 11.8 Å². The van der Waals surface area contributed by atoms with Crippen LogP contribution in [0, 0.1) is 17.0 Å². The fourth-order valence-corrected chi connectivity index (χ4v) is 3.34. The first kappa shape index (κ1) is 21.4. The Hall–Kier alpha value is -2.87. The molecule has 0 aliphatic carbocycles. The van der Waals surface area contributed by atoms with Gasteiger partial charge in [-0.2, -0.15) is 0 Å². The van der Waals surface area contributed by atoms with Gasteiger partial charge in [-0.3, -0.25) is 19.7 Å². The number of thioether (sulfide) groups is 1. The molecule has 8 heteroatoms. The average Bonchev–Trinajstić information content (AvgIpc) is 2.68. The third-order valence-electron chi connectivity index (χ3n) is 4.01. The second-order valence-electron chi connectivity index (χ2n) is 6.22. The van der Waals surface area contributed by atoms with Gasteiger partial charge >= 0.3 is 0 Å². The number of hydrogen-bond donors (Lipinski definition) is 1. The Morgan fingerprint density at radius 1 is 1.14 bits per heavy atom. The maximum atomic E-state index is 12.6. The molecule has 0 radical (unpaired) electrons. The summed E-state index contributed by atoms with van der Waals surface area (Å²) in [6.45, 7) is 4.33. The molecule has 1 N–H and O–H groups in total. The third-order valence-corrected chi connectivity index (χ3v) is 5.01. The highest BCUT2D eigenvalue weighted by Gasteiger charge is 2.17. The van der Waals surface area contributed by atoms with E-state index >= 15 is 0 Å². The lowest BCUT2D eigenvalue weighted by atomic mass is 10.2. The molecular weight excluding hydrogens is 378 g/mol. The average molecular weight is 401 g/mol. The van der Waals surface area contributed by atoms with Gasteiger partial charge in [-0.05, 0) is 37.1 Å². The van der Waals surface area contributed by atoms with Crippen LogP contribution in [0.5, 0.6) is 0 Å². The molecule has 2 aromatic carbocycles. The molecule has 2 amide bonds. The zero-order valence-electron chi connectivity index (χ0n) is 15.9. The SMILES string of the molecule is CCCN(CC(=O)Nc1ccccc1C)C(=O)CSc1ccc([N+](=O)[O-])cc1. The Morgan fingerprint density at radius 3 is 2.43 bits per heavy atom. The topological polar surface area (TPSA) is 92.6 Å². The number of carbonyl (C=O) groups is 2. The van der Waals surface area contributed by atoms with Gasteiger partial charge < -0.3 is 10.2 Å². The number of nitrogens with one attached hydrogen (secondary N) is 1. The summed E-state index contributed by atoms with van der Waals surface area (Å²) in [5, 5.41) is 13.5. The summed E-state index contributed by atoms with van der Waals surface area (Å²) in [6, 6.07) is 13.5. The van der Waals surface area contributed by atoms with Crippen molar-refractivity contribution in [3.8, 4) is 0 Å². The van der Waals surface area contributed by atoms with Crippen molar-refractivity contribution in [1.29, 1.82) is 0 Å². The molecule has 0 bridgehead atoms. The summed E-state index contributed by atoms with van der Waals surface area (Å²) in [7, 11) is 0. The molecule has 2 rings (SSSR count). The number of aryl methyl sites for hydroxylation is 1. The van der Waals surface area contributed by atoms with Crippen LogP contribution in [0.4, 0.5) is 11.4 Å². The van der Waals surface area contributed by atoms with Crippen LogP contribution in [0.3, 0.4) is 0 Å². The molecule has 0 atom stereocenters. The van der Waals surface area contributed by atoms with Gasteiger partial charge in [0.05, 0.1) is 17.2 Å². The summed E-state index contributed by atoms with van der Waals surface area (Å²) < 4.78 is 0. The first-order chi connectivity index (χ1) is 13.4. The normalized spacial score (nSPS) is 10.4. The molecule has 0 aromatic heterocycles. The number of anilines is 1. The second kappa shape index (κ2) is 10.5. The highest BCUT2D eigenvalue weighted by Crippen LogP contribution is 2.22. The van der Waals surface area contributed by atoms with Crippen LogP contribution in [0.15, 0.2) is 53.4 Å². The molecule has 0 aliphatic heterocycles. The number of benzene rings is 2. The fraction of sp³-hybridized carbons (Fsp3) is 0.300. The van der Waals surface area contributed by atoms with Crippen LogP contribution in [0.25, 0.3) is 0 Å². The monoisotopic (exact) mass is 401 g/mol. The minimum atomic E-state index is -0.463. The Morgan fingerprint density at radius 2 is 1.82 bits per heavy atom. The number of hydrogen-bond acceptors (Lipinski definition) is 5. The van der Waals surface area contributed by atoms with Crippen LogP contribution in [0.2, 0.25) is 0 Å². The smallest absolute Gasteiger partial charge is 0.269 e. The Balaban J connectivity index is 1.92. The van der Waals surface area contributed by atoms with Crippen molar-refractivity contribution in [3.05, 3.63) is 64.2 Å². The lowest BCUT2D eigenvalue weighted by Gasteiger charge is -2.21. The minimum absolute atomic E-state index is 0.0103. The van der Waals surface area contributed by atoms with Gasteiger partial charge in [0.15, 0.2) is 0 Å². The Bertz CT molecular complexity index is 840. The molecule has 0 heterocycles. The van der Waals surface area contributed by atoms with E-state index in [9.17, 15) is 19.7 Å². The summed E-state index contributed by atoms with van der Waals surface area (Å²) in [5.41, 5.74) is 1.70. The van der Waals surface area contributed by atoms with E-state index in [-0.39, 0.29) is 29.8 Å². The molecule has 0 unspecified atom stereocenters. The number of nitro benzene ring substituents is 1. The molecule has 2 aromatic rings. The van der Waals surface area contributed by atoms with Gasteiger partial charge in [0.25, 0.3) is 5.69 Å². The number of para-hydroxylation sites is 1. The quantitative estimate of drug-likeness (QED) is 0.391. The number of nitrogens with zero attached hydrogens (tertiary/aromatic N) is 2. The highest BCUT2D eigenvalue weighted by atomic mass is 32.2. The number of rotatable bonds is 9. The Kier molecular flexibility index (Phi) is 8.01. The van der Waals surface area contributed by atoms with Crippen molar-refractivity contribution in [2.75, 3.05) is 24.2 Å². The summed E-state index contributed by atoms with van der Waals surface area (Å²) in [4.78, 5) is 37.4. The van der Waals surface area contributed by atoms with Crippen LogP contribution >= 0.6 is 11.8 Å². The highest BCUT2D eigenvalue weighted by molar-refractivity contribution is 8.00. The predicted molar refractivity (Wildman–Crippen MR) is 111 cm³/mol. The van der Waals surface area contributed by atoms with Gasteiger partial charge in [-0.1, -0.05) is 25.1 Å². The first-order valence-corrected chi connectivity index (χ1v) is 9.89. The molecule has 28 heavy (non-hydrogen) atoms. The molecule has 0 fully saturated rings. The lowest BCUT2D eigenvalue weighted by molar-refractivity contribution is -0.384. The summed E-state index contributed by atoms with van der Waals surface area (Å²) in [6.07, 6.45) is 0.742. The molecule has 0 saturated carbocycles. The van der Waals surface area contributed by atoms with E-state index in [1.54, 1.807) is 12.1 Å². The van der Waals surface area contributed by atoms with Crippen molar-refractivity contribution < 1.29 is 14.5 Å². The third kappa shape index (κ3) is 6.38. The van der Waals surface area contributed by atoms with Crippen LogP contribution < -0.4 is 5.32 Å². The van der Waals surface area contributed by atoms with Crippen LogP contribution in [0.1, 0.15) is 18.9 Å². The van der Waals surface area contributed by atoms with Crippen molar-refractivity contribution >= 4 is 35.0 Å². The van der Waals surface area contributed by atoms with E-state index in [0.717, 1.165) is 22.6 Å². The van der Waals surface area contributed by atoms with E-state index in [1.807, 2.05) is 38.1 Å². The predicted octanol–water partition coefficient (Wildman–Crippen LogP) is 3.87. The zero-order valence-corrected chi connectivity index (χ0v) is 16.7. The van der Waals surface area contributed by atoms with Crippen molar-refractivity contribution in [2.24, 2.45) is 0 Å². The van der Waals surface area contributed by atoms with Gasteiger partial charge in [-0.25, -0.2) is 0 Å². The van der Waals surface area contributed by atoms with Crippen LogP contribution in [-0.4, -0.2) is 40.5 Å². The number of carbonyl (C=O) groups excluding carboxylic acids is 2. The van der Waals surface area contributed by atoms with E-state index in [1.165, 1.54) is 28.8 Å². The van der Waals surface area contributed by atoms with E-state index < -0.39 is 4.92 Å². The van der Waals surface area contributed by atoms with Gasteiger partial charge in [0.1, 0.15) is 0 Å². The molecular formula is C20H23N3O4S. The largest absolute Gasteiger partial charge is 0.333 e.